The van der Waals surface area contributed by atoms with Crippen molar-refractivity contribution in [2.24, 2.45) is 0 Å². The molecule has 21 heavy (non-hydrogen) atoms. The van der Waals surface area contributed by atoms with E-state index in [0.717, 1.165) is 5.56 Å². The highest BCUT2D eigenvalue weighted by Crippen LogP contribution is 2.22. The molecule has 0 bridgehead atoms. The minimum atomic E-state index is -0.436. The van der Waals surface area contributed by atoms with Gasteiger partial charge < -0.3 is 10.2 Å². The first-order valence-electron chi connectivity index (χ1n) is 7.45. The third-order valence-corrected chi connectivity index (χ3v) is 3.86. The summed E-state index contributed by atoms with van der Waals surface area (Å²) in [5, 5.41) is 2.71. The van der Waals surface area contributed by atoms with Crippen LogP contribution in [0.1, 0.15) is 45.2 Å². The topological polar surface area (TPSA) is 49.4 Å². The van der Waals surface area contributed by atoms with Gasteiger partial charge in [-0.15, -0.1) is 0 Å². The Kier molecular flexibility index (Phi) is 4.35. The lowest BCUT2D eigenvalue weighted by molar-refractivity contribution is -0.133. The van der Waals surface area contributed by atoms with Gasteiger partial charge in [0.1, 0.15) is 6.04 Å². The van der Waals surface area contributed by atoms with Gasteiger partial charge >= 0.3 is 0 Å². The van der Waals surface area contributed by atoms with Crippen LogP contribution in [0.3, 0.4) is 0 Å². The molecule has 1 aliphatic heterocycles. The lowest BCUT2D eigenvalue weighted by Gasteiger charge is -2.23. The zero-order valence-electron chi connectivity index (χ0n) is 13.3. The van der Waals surface area contributed by atoms with Gasteiger partial charge in [0.15, 0.2) is 0 Å². The van der Waals surface area contributed by atoms with Gasteiger partial charge in [0.05, 0.1) is 0 Å². The molecule has 1 heterocycles. The summed E-state index contributed by atoms with van der Waals surface area (Å²) in [5.74, 6) is -0.0674. The molecule has 1 fully saturated rings. The molecule has 1 saturated heterocycles. The number of nitrogens with zero attached hydrogens (tertiary/aromatic N) is 1. The molecule has 0 spiro atoms. The first-order chi connectivity index (χ1) is 9.77. The molecule has 1 N–H and O–H groups in total. The maximum atomic E-state index is 12.2. The first kappa shape index (κ1) is 15.5. The van der Waals surface area contributed by atoms with Crippen LogP contribution in [0.4, 0.5) is 0 Å². The van der Waals surface area contributed by atoms with Crippen molar-refractivity contribution in [2.45, 2.75) is 52.1 Å². The Labute approximate surface area is 126 Å². The molecule has 2 rings (SSSR count). The van der Waals surface area contributed by atoms with Gasteiger partial charge in [0, 0.05) is 19.5 Å². The fraction of sp³-hybridized carbons (Fsp3) is 0.529. The smallest absolute Gasteiger partial charge is 0.245 e. The fourth-order valence-corrected chi connectivity index (χ4v) is 2.48. The minimum absolute atomic E-state index is 0.0132. The maximum absolute atomic E-state index is 12.2. The second-order valence-electron chi connectivity index (χ2n) is 6.75. The SMILES string of the molecule is CC1NC(=O)CCN(Cc2ccc(C(C)(C)C)cc2)C1=O. The first-order valence-corrected chi connectivity index (χ1v) is 7.45. The number of rotatable bonds is 2. The summed E-state index contributed by atoms with van der Waals surface area (Å²) in [6.07, 6.45) is 0.371. The normalized spacial score (nSPS) is 20.2. The van der Waals surface area contributed by atoms with Crippen molar-refractivity contribution >= 4 is 11.8 Å². The highest BCUT2D eigenvalue weighted by molar-refractivity contribution is 5.89. The zero-order valence-corrected chi connectivity index (χ0v) is 13.3. The van der Waals surface area contributed by atoms with Crippen molar-refractivity contribution in [3.8, 4) is 0 Å². The molecule has 1 atom stereocenters. The minimum Gasteiger partial charge on any atom is -0.345 e. The predicted octanol–water partition coefficient (Wildman–Crippen LogP) is 2.22. The Morgan fingerprint density at radius 2 is 1.81 bits per heavy atom. The van der Waals surface area contributed by atoms with Crippen LogP contribution in [0.5, 0.6) is 0 Å². The molecule has 4 nitrogen and oxygen atoms in total. The molecule has 0 aromatic heterocycles. The molecule has 0 radical (unpaired) electrons. The molecular weight excluding hydrogens is 264 g/mol. The molecule has 2 amide bonds. The van der Waals surface area contributed by atoms with Gasteiger partial charge in [0.2, 0.25) is 11.8 Å². The van der Waals surface area contributed by atoms with Crippen molar-refractivity contribution < 1.29 is 9.59 Å². The summed E-state index contributed by atoms with van der Waals surface area (Å²) >= 11 is 0. The van der Waals surface area contributed by atoms with Crippen LogP contribution in [0, 0.1) is 0 Å². The number of carbonyl (C=O) groups excluding carboxylic acids is 2. The van der Waals surface area contributed by atoms with E-state index < -0.39 is 6.04 Å². The average molecular weight is 288 g/mol. The second kappa shape index (κ2) is 5.88. The summed E-state index contributed by atoms with van der Waals surface area (Å²) in [6.45, 7) is 9.32. The Morgan fingerprint density at radius 1 is 1.19 bits per heavy atom. The van der Waals surface area contributed by atoms with Crippen LogP contribution in [-0.2, 0) is 21.5 Å². The van der Waals surface area contributed by atoms with E-state index in [4.69, 9.17) is 0 Å². The number of benzene rings is 1. The number of hydrogen-bond donors (Lipinski definition) is 1. The van der Waals surface area contributed by atoms with Crippen molar-refractivity contribution in [2.75, 3.05) is 6.54 Å². The quantitative estimate of drug-likeness (QED) is 0.907. The maximum Gasteiger partial charge on any atom is 0.245 e. The molecule has 0 aliphatic carbocycles. The summed E-state index contributed by atoms with van der Waals surface area (Å²) < 4.78 is 0. The number of nitrogens with one attached hydrogen (secondary N) is 1. The van der Waals surface area contributed by atoms with Gasteiger partial charge in [-0.2, -0.15) is 0 Å². The van der Waals surface area contributed by atoms with Crippen LogP contribution >= 0.6 is 0 Å². The standard InChI is InChI=1S/C17H24N2O2/c1-12-16(21)19(10-9-15(20)18-12)11-13-5-7-14(8-6-13)17(2,3)4/h5-8,12H,9-11H2,1-4H3,(H,18,20). The number of carbonyl (C=O) groups is 2. The number of amides is 2. The van der Waals surface area contributed by atoms with E-state index in [9.17, 15) is 9.59 Å². The van der Waals surface area contributed by atoms with Gasteiger partial charge in [-0.3, -0.25) is 9.59 Å². The van der Waals surface area contributed by atoms with Crippen LogP contribution in [0.15, 0.2) is 24.3 Å². The Hall–Kier alpha value is -1.84. The molecule has 0 saturated carbocycles. The Bertz CT molecular complexity index is 529. The van der Waals surface area contributed by atoms with E-state index in [2.05, 4.69) is 50.4 Å². The Morgan fingerprint density at radius 3 is 2.38 bits per heavy atom. The molecule has 114 valence electrons. The monoisotopic (exact) mass is 288 g/mol. The van der Waals surface area contributed by atoms with Crippen LogP contribution < -0.4 is 5.32 Å². The third kappa shape index (κ3) is 3.84. The molecular formula is C17H24N2O2. The van der Waals surface area contributed by atoms with Crippen LogP contribution in [0.25, 0.3) is 0 Å². The predicted molar refractivity (Wildman–Crippen MR) is 82.8 cm³/mol. The van der Waals surface area contributed by atoms with E-state index >= 15 is 0 Å². The summed E-state index contributed by atoms with van der Waals surface area (Å²) in [4.78, 5) is 25.5. The van der Waals surface area contributed by atoms with Crippen LogP contribution in [0.2, 0.25) is 0 Å². The lowest BCUT2D eigenvalue weighted by Crippen LogP contribution is -2.42. The van der Waals surface area contributed by atoms with E-state index in [1.807, 2.05) is 0 Å². The van der Waals surface area contributed by atoms with E-state index in [0.29, 0.717) is 19.5 Å². The average Bonchev–Trinajstić information content (AvgIpc) is 2.52. The number of hydrogen-bond acceptors (Lipinski definition) is 2. The largest absolute Gasteiger partial charge is 0.345 e. The Balaban J connectivity index is 2.10. The van der Waals surface area contributed by atoms with Crippen molar-refractivity contribution in [3.63, 3.8) is 0 Å². The van der Waals surface area contributed by atoms with Crippen molar-refractivity contribution in [3.05, 3.63) is 35.4 Å². The van der Waals surface area contributed by atoms with E-state index in [1.54, 1.807) is 11.8 Å². The van der Waals surface area contributed by atoms with Crippen LogP contribution in [-0.4, -0.2) is 29.3 Å². The summed E-state index contributed by atoms with van der Waals surface area (Å²) in [6, 6.07) is 7.93. The van der Waals surface area contributed by atoms with Crippen molar-refractivity contribution in [1.82, 2.24) is 10.2 Å². The fourth-order valence-electron chi connectivity index (χ4n) is 2.48. The van der Waals surface area contributed by atoms with Gasteiger partial charge in [-0.05, 0) is 23.5 Å². The summed E-state index contributed by atoms with van der Waals surface area (Å²) in [7, 11) is 0. The highest BCUT2D eigenvalue weighted by Gasteiger charge is 2.26. The molecule has 4 heteroatoms. The van der Waals surface area contributed by atoms with E-state index in [1.165, 1.54) is 5.56 Å². The third-order valence-electron chi connectivity index (χ3n) is 3.86. The van der Waals surface area contributed by atoms with Crippen molar-refractivity contribution in [1.29, 1.82) is 0 Å². The van der Waals surface area contributed by atoms with Gasteiger partial charge in [0.25, 0.3) is 0 Å². The van der Waals surface area contributed by atoms with Gasteiger partial charge in [-0.25, -0.2) is 0 Å². The summed E-state index contributed by atoms with van der Waals surface area (Å²) in [5.41, 5.74) is 2.50. The van der Waals surface area contributed by atoms with E-state index in [-0.39, 0.29) is 17.2 Å². The second-order valence-corrected chi connectivity index (χ2v) is 6.75. The zero-order chi connectivity index (χ0) is 15.6. The molecule has 1 aliphatic rings. The molecule has 1 aromatic rings. The van der Waals surface area contributed by atoms with Gasteiger partial charge in [-0.1, -0.05) is 45.0 Å². The molecule has 1 unspecified atom stereocenters. The highest BCUT2D eigenvalue weighted by atomic mass is 16.2. The lowest BCUT2D eigenvalue weighted by atomic mass is 9.87. The molecule has 1 aromatic carbocycles.